The van der Waals surface area contributed by atoms with Gasteiger partial charge in [-0.25, -0.2) is 4.79 Å². The maximum atomic E-state index is 12.3. The number of nitrogens with one attached hydrogen (secondary N) is 1. The topological polar surface area (TPSA) is 81.7 Å². The van der Waals surface area contributed by atoms with E-state index in [0.717, 1.165) is 12.8 Å². The Kier molecular flexibility index (Phi) is 5.86. The highest BCUT2D eigenvalue weighted by Crippen LogP contribution is 2.19. The Morgan fingerprint density at radius 2 is 1.63 bits per heavy atom. The van der Waals surface area contributed by atoms with Crippen LogP contribution in [-0.4, -0.2) is 36.4 Å². The minimum absolute atomic E-state index is 0.0861. The molecule has 1 N–H and O–H groups in total. The highest BCUT2D eigenvalue weighted by Gasteiger charge is 2.27. The molecule has 0 bridgehead atoms. The Labute approximate surface area is 157 Å². The number of rotatable bonds is 8. The van der Waals surface area contributed by atoms with E-state index >= 15 is 0 Å². The van der Waals surface area contributed by atoms with Crippen LogP contribution in [0.5, 0.6) is 5.75 Å². The van der Waals surface area contributed by atoms with Crippen molar-refractivity contribution in [1.29, 1.82) is 0 Å². The quantitative estimate of drug-likeness (QED) is 0.573. The largest absolute Gasteiger partial charge is 0.482 e. The summed E-state index contributed by atoms with van der Waals surface area (Å²) in [4.78, 5) is 35.9. The van der Waals surface area contributed by atoms with Gasteiger partial charge in [-0.3, -0.25) is 9.59 Å². The Hall–Kier alpha value is -3.15. The van der Waals surface area contributed by atoms with E-state index in [2.05, 4.69) is 5.32 Å². The third kappa shape index (κ3) is 5.41. The predicted octanol–water partition coefficient (Wildman–Crippen LogP) is 2.51. The zero-order chi connectivity index (χ0) is 19.2. The van der Waals surface area contributed by atoms with Crippen LogP contribution in [0.1, 0.15) is 35.7 Å². The lowest BCUT2D eigenvalue weighted by Gasteiger charge is -2.13. The van der Waals surface area contributed by atoms with Gasteiger partial charge >= 0.3 is 5.97 Å². The van der Waals surface area contributed by atoms with Crippen molar-refractivity contribution in [2.75, 3.05) is 6.61 Å². The molecule has 0 heterocycles. The van der Waals surface area contributed by atoms with Crippen molar-refractivity contribution in [3.8, 4) is 5.75 Å². The number of amides is 1. The van der Waals surface area contributed by atoms with Crippen LogP contribution < -0.4 is 10.1 Å². The second-order valence-corrected chi connectivity index (χ2v) is 6.42. The van der Waals surface area contributed by atoms with Gasteiger partial charge in [-0.1, -0.05) is 30.3 Å². The summed E-state index contributed by atoms with van der Waals surface area (Å²) in [5, 5.41) is 2.77. The van der Waals surface area contributed by atoms with E-state index in [0.29, 0.717) is 16.9 Å². The first kappa shape index (κ1) is 18.6. The van der Waals surface area contributed by atoms with Gasteiger partial charge in [-0.15, -0.1) is 0 Å². The summed E-state index contributed by atoms with van der Waals surface area (Å²) in [6.45, 7) is 1.21. The number of ether oxygens (including phenoxy) is 2. The van der Waals surface area contributed by atoms with Crippen molar-refractivity contribution in [3.63, 3.8) is 0 Å². The zero-order valence-corrected chi connectivity index (χ0v) is 15.0. The average Bonchev–Trinajstić information content (AvgIpc) is 3.51. The van der Waals surface area contributed by atoms with Crippen LogP contribution >= 0.6 is 0 Å². The molecule has 3 rings (SSSR count). The van der Waals surface area contributed by atoms with Crippen molar-refractivity contribution in [2.45, 2.75) is 31.9 Å². The molecule has 0 saturated heterocycles. The van der Waals surface area contributed by atoms with Gasteiger partial charge < -0.3 is 14.8 Å². The minimum atomic E-state index is -0.854. The Morgan fingerprint density at radius 3 is 2.26 bits per heavy atom. The Balaban J connectivity index is 1.47. The first-order chi connectivity index (χ1) is 13.0. The first-order valence-electron chi connectivity index (χ1n) is 8.85. The van der Waals surface area contributed by atoms with E-state index in [-0.39, 0.29) is 24.3 Å². The third-order valence-corrected chi connectivity index (χ3v) is 4.11. The van der Waals surface area contributed by atoms with Gasteiger partial charge in [0, 0.05) is 17.2 Å². The van der Waals surface area contributed by atoms with E-state index in [1.54, 1.807) is 36.4 Å². The average molecular weight is 367 g/mol. The molecule has 140 valence electrons. The summed E-state index contributed by atoms with van der Waals surface area (Å²) in [7, 11) is 0. The van der Waals surface area contributed by atoms with Gasteiger partial charge in [0.2, 0.25) is 0 Å². The molecule has 1 aliphatic rings. The van der Waals surface area contributed by atoms with Crippen molar-refractivity contribution >= 4 is 17.7 Å². The number of ketones is 1. The van der Waals surface area contributed by atoms with Crippen LogP contribution in [0.3, 0.4) is 0 Å². The van der Waals surface area contributed by atoms with Crippen molar-refractivity contribution in [1.82, 2.24) is 5.32 Å². The predicted molar refractivity (Wildman–Crippen MR) is 98.5 cm³/mol. The van der Waals surface area contributed by atoms with Gasteiger partial charge in [0.25, 0.3) is 5.91 Å². The van der Waals surface area contributed by atoms with E-state index in [1.165, 1.54) is 6.92 Å². The lowest BCUT2D eigenvalue weighted by Crippen LogP contribution is -2.37. The fourth-order valence-electron chi connectivity index (χ4n) is 2.43. The molecule has 1 atom stereocenters. The molecular formula is C21H21NO5. The summed E-state index contributed by atoms with van der Waals surface area (Å²) < 4.78 is 10.4. The maximum absolute atomic E-state index is 12.3. The van der Waals surface area contributed by atoms with Crippen molar-refractivity contribution < 1.29 is 23.9 Å². The summed E-state index contributed by atoms with van der Waals surface area (Å²) in [6, 6.07) is 15.7. The Morgan fingerprint density at radius 1 is 1.00 bits per heavy atom. The van der Waals surface area contributed by atoms with Crippen molar-refractivity contribution in [2.24, 2.45) is 0 Å². The number of hydrogen-bond acceptors (Lipinski definition) is 5. The van der Waals surface area contributed by atoms with E-state index < -0.39 is 12.1 Å². The molecule has 6 heteroatoms. The minimum Gasteiger partial charge on any atom is -0.482 e. The lowest BCUT2D eigenvalue weighted by molar-refractivity contribution is -0.156. The Bertz CT molecular complexity index is 812. The van der Waals surface area contributed by atoms with Crippen LogP contribution in [0.15, 0.2) is 54.6 Å². The molecule has 1 fully saturated rings. The van der Waals surface area contributed by atoms with Gasteiger partial charge in [0.05, 0.1) is 0 Å². The molecule has 0 radical (unpaired) electrons. The van der Waals surface area contributed by atoms with Gasteiger partial charge in [-0.2, -0.15) is 0 Å². The standard InChI is InChI=1S/C21H21NO5/c1-14(21(25)22-17-9-10-17)27-19(23)13-26-18-11-7-16(8-12-18)20(24)15-5-3-2-4-6-15/h2-8,11-12,14,17H,9-10,13H2,1H3,(H,22,25)/t14-/m0/s1. The van der Waals surface area contributed by atoms with Crippen LogP contribution in [0.25, 0.3) is 0 Å². The molecule has 0 aromatic heterocycles. The fraction of sp³-hybridized carbons (Fsp3) is 0.286. The molecule has 1 aliphatic carbocycles. The first-order valence-corrected chi connectivity index (χ1v) is 8.85. The third-order valence-electron chi connectivity index (χ3n) is 4.11. The molecule has 2 aromatic carbocycles. The highest BCUT2D eigenvalue weighted by molar-refractivity contribution is 6.08. The number of carbonyl (C=O) groups is 3. The second kappa shape index (κ2) is 8.49. The smallest absolute Gasteiger partial charge is 0.344 e. The fourth-order valence-corrected chi connectivity index (χ4v) is 2.43. The van der Waals surface area contributed by atoms with Gasteiger partial charge in [-0.05, 0) is 44.0 Å². The van der Waals surface area contributed by atoms with Gasteiger partial charge in [0.1, 0.15) is 5.75 Å². The van der Waals surface area contributed by atoms with Crippen LogP contribution in [-0.2, 0) is 14.3 Å². The molecule has 0 spiro atoms. The van der Waals surface area contributed by atoms with Gasteiger partial charge in [0.15, 0.2) is 18.5 Å². The lowest BCUT2D eigenvalue weighted by atomic mass is 10.0. The number of esters is 1. The number of carbonyl (C=O) groups excluding carboxylic acids is 3. The normalized spacial score (nSPS) is 14.1. The summed E-state index contributed by atoms with van der Waals surface area (Å²) in [5.41, 5.74) is 1.13. The molecule has 0 aliphatic heterocycles. The number of hydrogen-bond donors (Lipinski definition) is 1. The summed E-state index contributed by atoms with van der Waals surface area (Å²) in [5.74, 6) is -0.573. The number of benzene rings is 2. The highest BCUT2D eigenvalue weighted by atomic mass is 16.6. The van der Waals surface area contributed by atoms with Crippen LogP contribution in [0.2, 0.25) is 0 Å². The molecule has 1 amide bonds. The molecule has 1 saturated carbocycles. The monoisotopic (exact) mass is 367 g/mol. The molecule has 0 unspecified atom stereocenters. The molecule has 6 nitrogen and oxygen atoms in total. The van der Waals surface area contributed by atoms with E-state index in [9.17, 15) is 14.4 Å². The maximum Gasteiger partial charge on any atom is 0.344 e. The summed E-state index contributed by atoms with van der Waals surface area (Å²) in [6.07, 6.45) is 1.09. The van der Waals surface area contributed by atoms with E-state index in [1.807, 2.05) is 18.2 Å². The molecule has 27 heavy (non-hydrogen) atoms. The SMILES string of the molecule is C[C@H](OC(=O)COc1ccc(C(=O)c2ccccc2)cc1)C(=O)NC1CC1. The molecular weight excluding hydrogens is 346 g/mol. The molecule has 2 aromatic rings. The van der Waals surface area contributed by atoms with Crippen LogP contribution in [0.4, 0.5) is 0 Å². The second-order valence-electron chi connectivity index (χ2n) is 6.42. The summed E-state index contributed by atoms with van der Waals surface area (Å²) >= 11 is 0. The van der Waals surface area contributed by atoms with Crippen molar-refractivity contribution in [3.05, 3.63) is 65.7 Å². The zero-order valence-electron chi connectivity index (χ0n) is 15.0. The van der Waals surface area contributed by atoms with Crippen LogP contribution in [0, 0.1) is 0 Å². The van der Waals surface area contributed by atoms with E-state index in [4.69, 9.17) is 9.47 Å².